The molecule has 9 nitrogen and oxygen atoms in total. The van der Waals surface area contributed by atoms with Crippen LogP contribution in [0.4, 0.5) is 30.6 Å². The Kier molecular flexibility index (Phi) is 6.43. The Morgan fingerprint density at radius 2 is 1.71 bits per heavy atom. The molecule has 0 aliphatic carbocycles. The molecule has 3 N–H and O–H groups in total. The van der Waals surface area contributed by atoms with E-state index in [4.69, 9.17) is 33.6 Å². The van der Waals surface area contributed by atoms with Gasteiger partial charge in [-0.3, -0.25) is 0 Å². The fraction of sp³-hybridized carbons (Fsp3) is 0.150. The van der Waals surface area contributed by atoms with Crippen LogP contribution in [0.25, 0.3) is 16.6 Å². The van der Waals surface area contributed by atoms with Gasteiger partial charge in [0.1, 0.15) is 29.5 Å². The summed E-state index contributed by atoms with van der Waals surface area (Å²) in [6, 6.07) is 7.93. The number of fused-ring (bicyclic) bond motifs is 1. The van der Waals surface area contributed by atoms with Crippen LogP contribution in [0.2, 0.25) is 10.0 Å². The molecule has 3 aromatic heterocycles. The average molecular weight is 509 g/mol. The number of nitrogens with zero attached hydrogens (tertiary/aromatic N) is 6. The fourth-order valence-corrected chi connectivity index (χ4v) is 3.62. The van der Waals surface area contributed by atoms with Crippen LogP contribution in [0.1, 0.15) is 5.56 Å². The lowest BCUT2D eigenvalue weighted by Gasteiger charge is -2.15. The molecule has 4 rings (SSSR count). The molecule has 0 aliphatic rings. The van der Waals surface area contributed by atoms with Gasteiger partial charge in [-0.2, -0.15) is 23.5 Å². The van der Waals surface area contributed by atoms with Gasteiger partial charge in [0, 0.05) is 23.7 Å². The van der Waals surface area contributed by atoms with Crippen LogP contribution in [0, 0.1) is 11.3 Å². The van der Waals surface area contributed by atoms with Crippen LogP contribution in [0.5, 0.6) is 0 Å². The number of halogens is 5. The first-order valence-electron chi connectivity index (χ1n) is 9.46. The van der Waals surface area contributed by atoms with Crippen molar-refractivity contribution < 1.29 is 18.3 Å². The fourth-order valence-electron chi connectivity index (χ4n) is 2.97. The summed E-state index contributed by atoms with van der Waals surface area (Å²) in [6.07, 6.45) is -3.03. The molecular weight excluding hydrogens is 496 g/mol. The minimum atomic E-state index is -4.75. The van der Waals surface area contributed by atoms with Gasteiger partial charge in [-0.25, -0.2) is 19.6 Å². The lowest BCUT2D eigenvalue weighted by molar-refractivity contribution is -0.198. The zero-order valence-electron chi connectivity index (χ0n) is 16.8. The van der Waals surface area contributed by atoms with Crippen molar-refractivity contribution in [2.24, 2.45) is 0 Å². The van der Waals surface area contributed by atoms with Crippen LogP contribution in [-0.2, 0) is 0 Å². The van der Waals surface area contributed by atoms with E-state index in [-0.39, 0.29) is 21.7 Å². The number of aliphatic hydroxyl groups is 1. The zero-order valence-corrected chi connectivity index (χ0v) is 18.4. The van der Waals surface area contributed by atoms with Crippen LogP contribution >= 0.6 is 23.2 Å². The Morgan fingerprint density at radius 3 is 2.38 bits per heavy atom. The van der Waals surface area contributed by atoms with E-state index >= 15 is 0 Å². The molecule has 14 heteroatoms. The summed E-state index contributed by atoms with van der Waals surface area (Å²) in [5.41, 5.74) is 1.27. The molecule has 1 aromatic carbocycles. The first kappa shape index (κ1) is 23.5. The highest BCUT2D eigenvalue weighted by molar-refractivity contribution is 6.38. The molecule has 0 saturated carbocycles. The molecule has 4 aromatic rings. The number of nitrogens with one attached hydrogen (secondary N) is 2. The molecule has 0 amide bonds. The van der Waals surface area contributed by atoms with Crippen molar-refractivity contribution in [3.63, 3.8) is 0 Å². The highest BCUT2D eigenvalue weighted by Gasteiger charge is 2.37. The zero-order chi connectivity index (χ0) is 24.5. The van der Waals surface area contributed by atoms with Crippen molar-refractivity contribution in [2.45, 2.75) is 12.3 Å². The topological polar surface area (TPSA) is 125 Å². The Hall–Kier alpha value is -3.66. The van der Waals surface area contributed by atoms with Crippen LogP contribution in [-0.4, -0.2) is 48.7 Å². The molecule has 3 heterocycles. The second kappa shape index (κ2) is 9.30. The predicted octanol–water partition coefficient (Wildman–Crippen LogP) is 4.47. The van der Waals surface area contributed by atoms with Gasteiger partial charge in [-0.05, 0) is 12.1 Å². The highest BCUT2D eigenvalue weighted by atomic mass is 35.5. The molecule has 0 aliphatic heterocycles. The number of alkyl halides is 3. The molecular formula is C20H13Cl2F3N8O. The van der Waals surface area contributed by atoms with Gasteiger partial charge in [0.15, 0.2) is 6.10 Å². The highest BCUT2D eigenvalue weighted by Crippen LogP contribution is 2.32. The van der Waals surface area contributed by atoms with E-state index in [2.05, 4.69) is 30.7 Å². The van der Waals surface area contributed by atoms with Crippen molar-refractivity contribution in [1.82, 2.24) is 24.7 Å². The first-order valence-corrected chi connectivity index (χ1v) is 10.2. The smallest absolute Gasteiger partial charge is 0.382 e. The Labute approximate surface area is 199 Å². The molecule has 0 saturated heterocycles. The molecule has 1 unspecified atom stereocenters. The molecule has 0 bridgehead atoms. The van der Waals surface area contributed by atoms with Gasteiger partial charge in [0.2, 0.25) is 0 Å². The number of pyridine rings is 1. The number of hydrogen-bond acceptors (Lipinski definition) is 8. The monoisotopic (exact) mass is 508 g/mol. The maximum absolute atomic E-state index is 12.5. The van der Waals surface area contributed by atoms with Crippen molar-refractivity contribution in [3.05, 3.63) is 58.6 Å². The number of hydrogen-bond donors (Lipinski definition) is 3. The van der Waals surface area contributed by atoms with Crippen LogP contribution < -0.4 is 10.6 Å². The summed E-state index contributed by atoms with van der Waals surface area (Å²) >= 11 is 12.7. The van der Waals surface area contributed by atoms with E-state index in [9.17, 15) is 13.2 Å². The largest absolute Gasteiger partial charge is 0.416 e. The Morgan fingerprint density at radius 1 is 1.03 bits per heavy atom. The van der Waals surface area contributed by atoms with Gasteiger partial charge < -0.3 is 15.7 Å². The van der Waals surface area contributed by atoms with E-state index in [0.717, 1.165) is 6.33 Å². The molecule has 174 valence electrons. The second-order valence-electron chi connectivity index (χ2n) is 6.94. The van der Waals surface area contributed by atoms with Crippen LogP contribution in [0.3, 0.4) is 0 Å². The molecule has 0 fully saturated rings. The van der Waals surface area contributed by atoms with Gasteiger partial charge in [-0.1, -0.05) is 23.2 Å². The van der Waals surface area contributed by atoms with Crippen LogP contribution in [0.15, 0.2) is 43.0 Å². The lowest BCUT2D eigenvalue weighted by Crippen LogP contribution is -2.35. The summed E-state index contributed by atoms with van der Waals surface area (Å²) in [6.45, 7) is -0.768. The number of nitriles is 1. The molecule has 1 atom stereocenters. The quantitative estimate of drug-likeness (QED) is 0.348. The number of aromatic nitrogens is 5. The maximum atomic E-state index is 12.5. The third-order valence-corrected chi connectivity index (χ3v) is 5.16. The summed E-state index contributed by atoms with van der Waals surface area (Å²) in [5.74, 6) is 0.657. The number of aliphatic hydroxyl groups excluding tert-OH is 1. The van der Waals surface area contributed by atoms with Crippen molar-refractivity contribution >= 4 is 51.6 Å². The molecule has 0 radical (unpaired) electrons. The summed E-state index contributed by atoms with van der Waals surface area (Å²) < 4.78 is 38.9. The Bertz CT molecular complexity index is 1380. The van der Waals surface area contributed by atoms with Gasteiger partial charge >= 0.3 is 6.18 Å². The maximum Gasteiger partial charge on any atom is 0.416 e. The van der Waals surface area contributed by atoms with Crippen molar-refractivity contribution in [2.75, 3.05) is 17.2 Å². The average Bonchev–Trinajstić information content (AvgIpc) is 3.19. The SMILES string of the molecule is N#Cc1cc(Cl)c(-n2ncc3cnc(Nc4cc(NCC(O)C(F)(F)F)ncn4)cc32)c(Cl)c1. The Balaban J connectivity index is 1.60. The third-order valence-electron chi connectivity index (χ3n) is 4.59. The molecule has 34 heavy (non-hydrogen) atoms. The summed E-state index contributed by atoms with van der Waals surface area (Å²) in [5, 5.41) is 29.0. The summed E-state index contributed by atoms with van der Waals surface area (Å²) in [7, 11) is 0. The number of anilines is 3. The summed E-state index contributed by atoms with van der Waals surface area (Å²) in [4.78, 5) is 12.1. The number of benzene rings is 1. The van der Waals surface area contributed by atoms with E-state index in [1.54, 1.807) is 18.5 Å². The number of rotatable bonds is 6. The van der Waals surface area contributed by atoms with Crippen molar-refractivity contribution in [3.8, 4) is 11.8 Å². The standard InChI is InChI=1S/C20H13Cl2F3N8O/c21-12-1-10(5-26)2-13(22)19(12)33-14-3-17(27-6-11(14)7-31-33)32-18-4-16(29-9-30-18)28-8-15(34)20(23,24)25/h1-4,6-7,9,15,34H,8H2,(H2,27,28,29,30,32). The normalized spacial score (nSPS) is 12.4. The van der Waals surface area contributed by atoms with E-state index in [1.807, 2.05) is 6.07 Å². The van der Waals surface area contributed by atoms with Gasteiger partial charge in [0.05, 0.1) is 39.9 Å². The minimum absolute atomic E-state index is 0.0723. The lowest BCUT2D eigenvalue weighted by atomic mass is 10.2. The first-order chi connectivity index (χ1) is 16.2. The third kappa shape index (κ3) is 4.96. The second-order valence-corrected chi connectivity index (χ2v) is 7.75. The minimum Gasteiger partial charge on any atom is -0.382 e. The van der Waals surface area contributed by atoms with Crippen molar-refractivity contribution in [1.29, 1.82) is 5.26 Å². The van der Waals surface area contributed by atoms with Gasteiger partial charge in [0.25, 0.3) is 0 Å². The van der Waals surface area contributed by atoms with E-state index in [0.29, 0.717) is 28.0 Å². The molecule has 0 spiro atoms. The van der Waals surface area contributed by atoms with Gasteiger partial charge in [-0.15, -0.1) is 0 Å². The van der Waals surface area contributed by atoms with E-state index < -0.39 is 18.8 Å². The predicted molar refractivity (Wildman–Crippen MR) is 119 cm³/mol. The van der Waals surface area contributed by atoms with E-state index in [1.165, 1.54) is 22.9 Å².